The second-order valence-corrected chi connectivity index (χ2v) is 8.88. The first-order valence-electron chi connectivity index (χ1n) is 10.8. The summed E-state index contributed by atoms with van der Waals surface area (Å²) in [7, 11) is 1.60. The molecule has 1 aliphatic rings. The summed E-state index contributed by atoms with van der Waals surface area (Å²) in [6, 6.07) is 5.30. The molecule has 1 N–H and O–H groups in total. The van der Waals surface area contributed by atoms with Gasteiger partial charge in [0, 0.05) is 61.0 Å². The number of nitrogens with zero attached hydrogens (tertiary/aromatic N) is 2. The van der Waals surface area contributed by atoms with Crippen molar-refractivity contribution in [2.45, 2.75) is 38.7 Å². The minimum Gasteiger partial charge on any atom is -0.450 e. The van der Waals surface area contributed by atoms with Crippen molar-refractivity contribution < 1.29 is 17.9 Å². The Balaban J connectivity index is 1.74. The predicted octanol–water partition coefficient (Wildman–Crippen LogP) is 5.21. The van der Waals surface area contributed by atoms with Gasteiger partial charge in [0.2, 0.25) is 5.75 Å². The molecule has 3 heterocycles. The summed E-state index contributed by atoms with van der Waals surface area (Å²) in [5, 5.41) is 0.591. The van der Waals surface area contributed by atoms with Crippen LogP contribution < -0.4 is 15.9 Å². The Kier molecular flexibility index (Phi) is 4.96. The molecule has 1 saturated carbocycles. The summed E-state index contributed by atoms with van der Waals surface area (Å²) >= 11 is 0. The monoisotopic (exact) mass is 469 g/mol. The van der Waals surface area contributed by atoms with Crippen LogP contribution >= 0.6 is 0 Å². The van der Waals surface area contributed by atoms with Gasteiger partial charge in [-0.15, -0.1) is 0 Å². The van der Waals surface area contributed by atoms with E-state index in [0.29, 0.717) is 38.9 Å². The van der Waals surface area contributed by atoms with Gasteiger partial charge >= 0.3 is 0 Å². The van der Waals surface area contributed by atoms with Crippen LogP contribution in [0.3, 0.4) is 0 Å². The normalized spacial score (nSPS) is 15.5. The van der Waals surface area contributed by atoms with Crippen molar-refractivity contribution >= 4 is 10.9 Å². The number of alkyl halides is 2. The number of H-pyrrole nitrogens is 1. The van der Waals surface area contributed by atoms with Crippen molar-refractivity contribution in [3.8, 4) is 22.6 Å². The van der Waals surface area contributed by atoms with Crippen LogP contribution in [0.4, 0.5) is 13.2 Å². The lowest BCUT2D eigenvalue weighted by Gasteiger charge is -2.36. The molecule has 4 aromatic rings. The average Bonchev–Trinajstić information content (AvgIpc) is 3.23. The molecule has 0 aliphatic heterocycles. The topological polar surface area (TPSA) is 69.0 Å². The summed E-state index contributed by atoms with van der Waals surface area (Å²) in [5.74, 6) is -3.00. The molecular formula is C25H22F3N3O3. The van der Waals surface area contributed by atoms with Crippen LogP contribution in [0.25, 0.3) is 22.0 Å². The zero-order valence-corrected chi connectivity index (χ0v) is 18.8. The van der Waals surface area contributed by atoms with E-state index in [1.165, 1.54) is 27.5 Å². The van der Waals surface area contributed by atoms with Gasteiger partial charge in [0.15, 0.2) is 0 Å². The van der Waals surface area contributed by atoms with E-state index in [2.05, 4.69) is 4.98 Å². The molecule has 0 radical (unpaired) electrons. The number of hydrogen-bond acceptors (Lipinski definition) is 3. The third-order valence-electron chi connectivity index (χ3n) is 6.35. The van der Waals surface area contributed by atoms with Gasteiger partial charge < -0.3 is 18.9 Å². The summed E-state index contributed by atoms with van der Waals surface area (Å²) in [5.41, 5.74) is 1.49. The number of pyridine rings is 2. The summed E-state index contributed by atoms with van der Waals surface area (Å²) in [6.45, 7) is 3.32. The Bertz CT molecular complexity index is 1530. The molecule has 0 saturated heterocycles. The Morgan fingerprint density at radius 2 is 1.71 bits per heavy atom. The Hall–Kier alpha value is -3.75. The van der Waals surface area contributed by atoms with E-state index in [-0.39, 0.29) is 11.3 Å². The molecule has 1 aromatic carbocycles. The highest BCUT2D eigenvalue weighted by Crippen LogP contribution is 2.45. The summed E-state index contributed by atoms with van der Waals surface area (Å²) in [6.07, 6.45) is 3.86. The third-order valence-corrected chi connectivity index (χ3v) is 6.35. The van der Waals surface area contributed by atoms with Crippen molar-refractivity contribution in [2.24, 2.45) is 7.05 Å². The van der Waals surface area contributed by atoms with Gasteiger partial charge in [-0.3, -0.25) is 9.59 Å². The van der Waals surface area contributed by atoms with E-state index < -0.39 is 36.2 Å². The highest BCUT2D eigenvalue weighted by atomic mass is 19.3. The first-order valence-corrected chi connectivity index (χ1v) is 10.8. The molecule has 9 heteroatoms. The Morgan fingerprint density at radius 1 is 1.03 bits per heavy atom. The smallest absolute Gasteiger partial charge is 0.294 e. The van der Waals surface area contributed by atoms with Crippen LogP contribution in [-0.2, 0) is 7.05 Å². The molecule has 0 atom stereocenters. The van der Waals surface area contributed by atoms with Crippen molar-refractivity contribution in [3.05, 3.63) is 80.5 Å². The number of aromatic amines is 1. The fourth-order valence-corrected chi connectivity index (χ4v) is 4.60. The second-order valence-electron chi connectivity index (χ2n) is 8.88. The van der Waals surface area contributed by atoms with E-state index in [4.69, 9.17) is 4.74 Å². The minimum atomic E-state index is -2.80. The Labute approximate surface area is 192 Å². The largest absolute Gasteiger partial charge is 0.450 e. The van der Waals surface area contributed by atoms with Gasteiger partial charge in [0.25, 0.3) is 17.0 Å². The number of ether oxygens (including phenoxy) is 1. The maximum Gasteiger partial charge on any atom is 0.294 e. The fourth-order valence-electron chi connectivity index (χ4n) is 4.60. The third kappa shape index (κ3) is 3.52. The van der Waals surface area contributed by atoms with E-state index in [9.17, 15) is 22.8 Å². The van der Waals surface area contributed by atoms with E-state index in [1.807, 2.05) is 0 Å². The average molecular weight is 469 g/mol. The highest BCUT2D eigenvalue weighted by molar-refractivity contribution is 5.95. The fraction of sp³-hybridized carbons (Fsp3) is 0.280. The summed E-state index contributed by atoms with van der Waals surface area (Å²) < 4.78 is 49.7. The van der Waals surface area contributed by atoms with Crippen molar-refractivity contribution in [2.75, 3.05) is 0 Å². The van der Waals surface area contributed by atoms with Crippen LogP contribution in [0, 0.1) is 19.7 Å². The van der Waals surface area contributed by atoms with Gasteiger partial charge in [0.05, 0.1) is 0 Å². The maximum atomic E-state index is 13.9. The standard InChI is InChI=1S/C25H22F3N3O3/c1-13-8-15(26)9-14(2)21(13)34-22-18(5-7-31(24(22)33)16-10-25(27,28)11-16)19-12-30(3)23(32)20-17(19)4-6-29-20/h4-9,12,16,29H,10-11H2,1-3H3. The second kappa shape index (κ2) is 7.65. The molecular weight excluding hydrogens is 447 g/mol. The maximum absolute atomic E-state index is 13.9. The molecule has 6 nitrogen and oxygen atoms in total. The number of fused-ring (bicyclic) bond motifs is 1. The van der Waals surface area contributed by atoms with Gasteiger partial charge in [-0.1, -0.05) is 0 Å². The number of halogens is 3. The summed E-state index contributed by atoms with van der Waals surface area (Å²) in [4.78, 5) is 29.0. The molecule has 0 amide bonds. The van der Waals surface area contributed by atoms with E-state index in [1.54, 1.807) is 45.4 Å². The van der Waals surface area contributed by atoms with E-state index in [0.717, 1.165) is 0 Å². The molecule has 0 bridgehead atoms. The minimum absolute atomic E-state index is 0.0725. The Morgan fingerprint density at radius 3 is 2.35 bits per heavy atom. The lowest BCUT2D eigenvalue weighted by Crippen LogP contribution is -2.41. The predicted molar refractivity (Wildman–Crippen MR) is 122 cm³/mol. The van der Waals surface area contributed by atoms with Crippen LogP contribution in [0.5, 0.6) is 11.5 Å². The molecule has 0 spiro atoms. The number of aromatic nitrogens is 3. The molecule has 1 fully saturated rings. The van der Waals surface area contributed by atoms with Crippen LogP contribution in [0.2, 0.25) is 0 Å². The van der Waals surface area contributed by atoms with Crippen molar-refractivity contribution in [1.82, 2.24) is 14.1 Å². The van der Waals surface area contributed by atoms with Gasteiger partial charge in [-0.25, -0.2) is 13.2 Å². The molecule has 3 aromatic heterocycles. The molecule has 0 unspecified atom stereocenters. The van der Waals surface area contributed by atoms with Crippen molar-refractivity contribution in [3.63, 3.8) is 0 Å². The lowest BCUT2D eigenvalue weighted by molar-refractivity contribution is -0.105. The van der Waals surface area contributed by atoms with Gasteiger partial charge in [0.1, 0.15) is 17.1 Å². The molecule has 5 rings (SSSR count). The molecule has 1 aliphatic carbocycles. The number of aryl methyl sites for hydroxylation is 3. The molecule has 176 valence electrons. The SMILES string of the molecule is Cc1cc(F)cc(C)c1Oc1c(-c2cn(C)c(=O)c3[nH]ccc23)ccn(C2CC(F)(F)C2)c1=O. The van der Waals surface area contributed by atoms with Crippen molar-refractivity contribution in [1.29, 1.82) is 0 Å². The first-order chi connectivity index (χ1) is 16.1. The van der Waals surface area contributed by atoms with Crippen LogP contribution in [0.15, 0.2) is 52.4 Å². The van der Waals surface area contributed by atoms with Crippen LogP contribution in [-0.4, -0.2) is 20.0 Å². The van der Waals surface area contributed by atoms with Gasteiger partial charge in [-0.2, -0.15) is 0 Å². The number of rotatable bonds is 4. The number of benzene rings is 1. The zero-order chi connectivity index (χ0) is 24.4. The number of hydrogen-bond donors (Lipinski definition) is 1. The first kappa shape index (κ1) is 22.1. The number of nitrogens with one attached hydrogen (secondary N) is 1. The lowest BCUT2D eigenvalue weighted by atomic mass is 9.87. The van der Waals surface area contributed by atoms with E-state index >= 15 is 0 Å². The zero-order valence-electron chi connectivity index (χ0n) is 18.8. The van der Waals surface area contributed by atoms with Gasteiger partial charge in [-0.05, 0) is 49.2 Å². The highest BCUT2D eigenvalue weighted by Gasteiger charge is 2.46. The molecule has 34 heavy (non-hydrogen) atoms. The van der Waals surface area contributed by atoms with Crippen LogP contribution in [0.1, 0.15) is 30.0 Å². The quantitative estimate of drug-likeness (QED) is 0.446.